The summed E-state index contributed by atoms with van der Waals surface area (Å²) in [6.07, 6.45) is 8.46. The molecule has 1 aliphatic rings. The molecular weight excluding hydrogens is 433 g/mol. The summed E-state index contributed by atoms with van der Waals surface area (Å²) < 4.78 is 14.2. The number of carbonyl (C=O) groups is 1. The van der Waals surface area contributed by atoms with E-state index in [0.29, 0.717) is 17.9 Å². The van der Waals surface area contributed by atoms with E-state index in [2.05, 4.69) is 37.0 Å². The largest absolute Gasteiger partial charge is 0.338 e. The minimum atomic E-state index is -0.560. The van der Waals surface area contributed by atoms with Gasteiger partial charge in [-0.1, -0.05) is 30.4 Å². The first-order valence-electron chi connectivity index (χ1n) is 10.8. The lowest BCUT2D eigenvalue weighted by atomic mass is 10.2. The molecule has 0 saturated carbocycles. The standard InChI is InChI=1S/C25H26FN7O/c1-18-7-3-8-19(15-18)29-24-22(26)17-27-25(31-24)30-21-10-4-9-20(16-21)28-23(34)11-5-13-33-14-6-12-32(33)2/h3-11,14-17H,12-13H2,1-2H3,(H,28,34)(H2,27,29,30,31)/b11-5+. The van der Waals surface area contributed by atoms with Gasteiger partial charge in [0.15, 0.2) is 11.6 Å². The minimum absolute atomic E-state index is 0.0659. The van der Waals surface area contributed by atoms with Crippen molar-refractivity contribution >= 4 is 34.7 Å². The van der Waals surface area contributed by atoms with Crippen LogP contribution in [0.4, 0.5) is 33.2 Å². The van der Waals surface area contributed by atoms with Crippen LogP contribution in [0.2, 0.25) is 0 Å². The highest BCUT2D eigenvalue weighted by atomic mass is 19.1. The predicted molar refractivity (Wildman–Crippen MR) is 132 cm³/mol. The van der Waals surface area contributed by atoms with Gasteiger partial charge in [-0.2, -0.15) is 4.98 Å². The van der Waals surface area contributed by atoms with Gasteiger partial charge in [0.25, 0.3) is 0 Å². The summed E-state index contributed by atoms with van der Waals surface area (Å²) in [6, 6.07) is 14.7. The number of amides is 1. The van der Waals surface area contributed by atoms with E-state index in [9.17, 15) is 9.18 Å². The zero-order chi connectivity index (χ0) is 23.9. The number of likely N-dealkylation sites (N-methyl/N-ethyl adjacent to an activating group) is 1. The topological polar surface area (TPSA) is 85.4 Å². The number of anilines is 5. The zero-order valence-corrected chi connectivity index (χ0v) is 19.0. The molecule has 8 nitrogen and oxygen atoms in total. The molecule has 1 amide bonds. The number of hydrogen-bond donors (Lipinski definition) is 3. The van der Waals surface area contributed by atoms with Gasteiger partial charge in [0.2, 0.25) is 11.9 Å². The smallest absolute Gasteiger partial charge is 0.248 e. The Morgan fingerprint density at radius 1 is 1.12 bits per heavy atom. The molecule has 0 atom stereocenters. The number of carbonyl (C=O) groups excluding carboxylic acids is 1. The first-order valence-corrected chi connectivity index (χ1v) is 10.8. The molecule has 0 saturated heterocycles. The molecule has 1 aliphatic heterocycles. The Bertz CT molecular complexity index is 1230. The molecule has 9 heteroatoms. The van der Waals surface area contributed by atoms with E-state index in [1.807, 2.05) is 49.4 Å². The maximum atomic E-state index is 14.2. The van der Waals surface area contributed by atoms with E-state index in [1.165, 1.54) is 6.08 Å². The molecule has 0 spiro atoms. The Balaban J connectivity index is 1.38. The highest BCUT2D eigenvalue weighted by Crippen LogP contribution is 2.22. The van der Waals surface area contributed by atoms with E-state index in [4.69, 9.17) is 0 Å². The Labute approximate surface area is 197 Å². The maximum Gasteiger partial charge on any atom is 0.248 e. The van der Waals surface area contributed by atoms with Gasteiger partial charge >= 0.3 is 0 Å². The van der Waals surface area contributed by atoms with E-state index in [1.54, 1.807) is 30.3 Å². The van der Waals surface area contributed by atoms with Gasteiger partial charge < -0.3 is 21.0 Å². The van der Waals surface area contributed by atoms with Crippen molar-refractivity contribution in [1.29, 1.82) is 0 Å². The fraction of sp³-hybridized carbons (Fsp3) is 0.160. The number of benzene rings is 2. The molecule has 4 rings (SSSR count). The highest BCUT2D eigenvalue weighted by molar-refractivity contribution is 5.99. The Hall–Kier alpha value is -4.24. The third kappa shape index (κ3) is 6.17. The van der Waals surface area contributed by atoms with Crippen LogP contribution in [0.3, 0.4) is 0 Å². The average molecular weight is 460 g/mol. The second kappa shape index (κ2) is 10.6. The van der Waals surface area contributed by atoms with Crippen LogP contribution in [0, 0.1) is 12.7 Å². The van der Waals surface area contributed by atoms with Gasteiger partial charge in [-0.3, -0.25) is 4.79 Å². The minimum Gasteiger partial charge on any atom is -0.338 e. The molecule has 0 bridgehead atoms. The van der Waals surface area contributed by atoms with Gasteiger partial charge in [0, 0.05) is 42.9 Å². The molecule has 0 unspecified atom stereocenters. The lowest BCUT2D eigenvalue weighted by Crippen LogP contribution is -2.31. The van der Waals surface area contributed by atoms with Crippen LogP contribution in [0.15, 0.2) is 79.2 Å². The number of hydrazine groups is 1. The quantitative estimate of drug-likeness (QED) is 0.425. The fourth-order valence-electron chi connectivity index (χ4n) is 3.37. The third-order valence-corrected chi connectivity index (χ3v) is 5.06. The van der Waals surface area contributed by atoms with E-state index in [0.717, 1.165) is 24.0 Å². The predicted octanol–water partition coefficient (Wildman–Crippen LogP) is 4.58. The average Bonchev–Trinajstić information content (AvgIpc) is 3.21. The van der Waals surface area contributed by atoms with E-state index >= 15 is 0 Å². The van der Waals surface area contributed by atoms with Crippen molar-refractivity contribution in [1.82, 2.24) is 20.0 Å². The van der Waals surface area contributed by atoms with Crippen LogP contribution < -0.4 is 16.0 Å². The molecule has 34 heavy (non-hydrogen) atoms. The monoisotopic (exact) mass is 459 g/mol. The SMILES string of the molecule is Cc1cccc(Nc2nc(Nc3cccc(NC(=O)/C=C/CN4C=CCN4C)c3)ncc2F)c1. The summed E-state index contributed by atoms with van der Waals surface area (Å²) >= 11 is 0. The van der Waals surface area contributed by atoms with Crippen LogP contribution >= 0.6 is 0 Å². The second-order valence-electron chi connectivity index (χ2n) is 7.83. The summed E-state index contributed by atoms with van der Waals surface area (Å²) in [4.78, 5) is 20.5. The van der Waals surface area contributed by atoms with Crippen molar-refractivity contribution in [2.24, 2.45) is 0 Å². The Kier molecular flexibility index (Phi) is 7.14. The molecule has 2 aromatic carbocycles. The van der Waals surface area contributed by atoms with Gasteiger partial charge in [0.05, 0.1) is 12.7 Å². The zero-order valence-electron chi connectivity index (χ0n) is 19.0. The summed E-state index contributed by atoms with van der Waals surface area (Å²) in [5.41, 5.74) is 3.04. The fourth-order valence-corrected chi connectivity index (χ4v) is 3.37. The number of aromatic nitrogens is 2. The van der Waals surface area contributed by atoms with Gasteiger partial charge in [-0.15, -0.1) is 0 Å². The van der Waals surface area contributed by atoms with Crippen molar-refractivity contribution in [2.75, 3.05) is 36.1 Å². The van der Waals surface area contributed by atoms with Crippen LogP contribution in [0.1, 0.15) is 5.56 Å². The molecule has 3 aromatic rings. The molecule has 0 fully saturated rings. The summed E-state index contributed by atoms with van der Waals surface area (Å²) in [7, 11) is 1.98. The molecular formula is C25H26FN7O. The molecule has 2 heterocycles. The van der Waals surface area contributed by atoms with Gasteiger partial charge in [0.1, 0.15) is 0 Å². The summed E-state index contributed by atoms with van der Waals surface area (Å²) in [5.74, 6) is -0.500. The van der Waals surface area contributed by atoms with Crippen LogP contribution in [-0.2, 0) is 4.79 Å². The highest BCUT2D eigenvalue weighted by Gasteiger charge is 2.10. The van der Waals surface area contributed by atoms with Crippen molar-refractivity contribution in [2.45, 2.75) is 6.92 Å². The first kappa shape index (κ1) is 22.9. The van der Waals surface area contributed by atoms with Gasteiger partial charge in [-0.25, -0.2) is 14.4 Å². The normalized spacial score (nSPS) is 13.4. The Morgan fingerprint density at radius 2 is 1.88 bits per heavy atom. The van der Waals surface area contributed by atoms with E-state index < -0.39 is 5.82 Å². The first-order chi connectivity index (χ1) is 16.5. The van der Waals surface area contributed by atoms with Gasteiger partial charge in [-0.05, 0) is 42.8 Å². The van der Waals surface area contributed by atoms with Crippen molar-refractivity contribution in [3.63, 3.8) is 0 Å². The maximum absolute atomic E-state index is 14.2. The number of aryl methyl sites for hydroxylation is 1. The number of hydrogen-bond acceptors (Lipinski definition) is 7. The van der Waals surface area contributed by atoms with Crippen molar-refractivity contribution < 1.29 is 9.18 Å². The van der Waals surface area contributed by atoms with Crippen molar-refractivity contribution in [3.05, 3.63) is 90.5 Å². The molecule has 1 aromatic heterocycles. The Morgan fingerprint density at radius 3 is 2.65 bits per heavy atom. The van der Waals surface area contributed by atoms with Crippen LogP contribution in [0.5, 0.6) is 0 Å². The van der Waals surface area contributed by atoms with E-state index in [-0.39, 0.29) is 17.7 Å². The lowest BCUT2D eigenvalue weighted by molar-refractivity contribution is -0.111. The second-order valence-corrected chi connectivity index (χ2v) is 7.83. The summed E-state index contributed by atoms with van der Waals surface area (Å²) in [6.45, 7) is 3.43. The molecule has 0 aliphatic carbocycles. The number of rotatable bonds is 8. The lowest BCUT2D eigenvalue weighted by Gasteiger charge is -2.23. The van der Waals surface area contributed by atoms with Crippen molar-refractivity contribution in [3.8, 4) is 0 Å². The summed E-state index contributed by atoms with van der Waals surface area (Å²) in [5, 5.41) is 12.9. The van der Waals surface area contributed by atoms with Crippen LogP contribution in [0.25, 0.3) is 0 Å². The number of nitrogens with one attached hydrogen (secondary N) is 3. The number of nitrogens with zero attached hydrogens (tertiary/aromatic N) is 4. The van der Waals surface area contributed by atoms with Crippen LogP contribution in [-0.4, -0.2) is 46.0 Å². The molecule has 3 N–H and O–H groups in total. The molecule has 0 radical (unpaired) electrons. The number of halogens is 1. The molecule has 174 valence electrons. The third-order valence-electron chi connectivity index (χ3n) is 5.06.